The van der Waals surface area contributed by atoms with Gasteiger partial charge in [-0.3, -0.25) is 0 Å². The largest absolute Gasteiger partial charge is 0.336 e. The Balaban J connectivity index is 0.916. The van der Waals surface area contributed by atoms with Crippen molar-refractivity contribution in [1.29, 1.82) is 0 Å². The van der Waals surface area contributed by atoms with Gasteiger partial charge in [0.2, 0.25) is 0 Å². The number of hydrogen-bond donors (Lipinski definition) is 0. The summed E-state index contributed by atoms with van der Waals surface area (Å²) in [6, 6.07) is 47.0. The van der Waals surface area contributed by atoms with Crippen molar-refractivity contribution in [2.45, 2.75) is 123 Å². The van der Waals surface area contributed by atoms with Crippen molar-refractivity contribution in [1.82, 2.24) is 0 Å². The Kier molecular flexibility index (Phi) is 16.7. The van der Waals surface area contributed by atoms with Crippen molar-refractivity contribution in [3.05, 3.63) is 154 Å². The van der Waals surface area contributed by atoms with Crippen molar-refractivity contribution in [2.75, 3.05) is 23.9 Å². The molecule has 0 aliphatic heterocycles. The molecule has 8 heterocycles. The highest BCUT2D eigenvalue weighted by molar-refractivity contribution is 7.30. The molecule has 8 aromatic heterocycles. The maximum absolute atomic E-state index is 2.64. The minimum Gasteiger partial charge on any atom is -0.336 e. The minimum absolute atomic E-state index is 0.00403. The quantitative estimate of drug-likeness (QED) is 0.0557. The number of aryl methyl sites for hydroxylation is 2. The molecular weight excluding hydrogens is 1070 g/mol. The van der Waals surface area contributed by atoms with E-state index in [1.54, 1.807) is 11.1 Å². The smallest absolute Gasteiger partial charge is 0.0957 e. The fourth-order valence-electron chi connectivity index (χ4n) is 11.3. The minimum atomic E-state index is 0.00403. The molecule has 75 heavy (non-hydrogen) atoms. The zero-order valence-corrected chi connectivity index (χ0v) is 50.8. The number of thiophene rings is 8. The van der Waals surface area contributed by atoms with Crippen LogP contribution in [0.5, 0.6) is 0 Å². The Bertz CT molecular complexity index is 3230. The first-order valence-corrected chi connectivity index (χ1v) is 33.8. The lowest BCUT2D eigenvalue weighted by atomic mass is 9.70. The zero-order valence-electron chi connectivity index (χ0n) is 44.3. The highest BCUT2D eigenvalue weighted by Crippen LogP contribution is 2.58. The summed E-state index contributed by atoms with van der Waals surface area (Å²) in [5, 5.41) is 6.88. The summed E-state index contributed by atoms with van der Waals surface area (Å²) in [6.07, 6.45) is 18.3. The Morgan fingerprint density at radius 1 is 0.360 bits per heavy atom. The van der Waals surface area contributed by atoms with Crippen LogP contribution >= 0.6 is 90.7 Å². The van der Waals surface area contributed by atoms with Crippen LogP contribution in [0.25, 0.3) is 69.7 Å². The molecule has 0 unspecified atom stereocenters. The lowest BCUT2D eigenvalue weighted by molar-refractivity contribution is 0.397. The Hall–Kier alpha value is -4.36. The van der Waals surface area contributed by atoms with Gasteiger partial charge in [0, 0.05) is 89.4 Å². The third-order valence-electron chi connectivity index (χ3n) is 15.4. The number of anilines is 4. The molecule has 0 fully saturated rings. The van der Waals surface area contributed by atoms with E-state index in [0.29, 0.717) is 0 Å². The van der Waals surface area contributed by atoms with Gasteiger partial charge in [-0.25, -0.2) is 0 Å². The van der Waals surface area contributed by atoms with Crippen molar-refractivity contribution >= 4 is 112 Å². The summed E-state index contributed by atoms with van der Waals surface area (Å²) >= 11 is 15.1. The van der Waals surface area contributed by atoms with E-state index in [9.17, 15) is 0 Å². The predicted octanol–water partition coefficient (Wildman–Crippen LogP) is 24.1. The molecule has 1 aliphatic carbocycles. The van der Waals surface area contributed by atoms with Crippen LogP contribution in [-0.4, -0.2) is 14.1 Å². The van der Waals surface area contributed by atoms with Crippen LogP contribution < -0.4 is 9.80 Å². The summed E-state index contributed by atoms with van der Waals surface area (Å²) in [7, 11) is 4.58. The molecule has 2 nitrogen and oxygen atoms in total. The molecule has 10 aromatic rings. The molecule has 11 rings (SSSR count). The number of fused-ring (bicyclic) bond motifs is 3. The van der Waals surface area contributed by atoms with Crippen LogP contribution in [0.2, 0.25) is 0 Å². The SMILES string of the molecule is CCCCCCCCC1(CCCCCCCC)c2cc(C)c(N(C)c3ccc(-c4ccc(-c5ccc(-c6cccs6)s5)s4)s3)cc2-c2cc(N(C)c3ccc(-c4ccc(-c5ccc(-c6cccs6)s5)s4)s3)c(C)cc21. The van der Waals surface area contributed by atoms with E-state index in [2.05, 4.69) is 184 Å². The standard InChI is InChI=1S/C65H68N2S8/c1-7-9-11-13-15-17-35-65(36-18-16-14-12-10-8-2)47-39-43(3)49(66(5)63-33-31-61(74-63)59-29-27-57(72-59)55-25-23-53(70-55)51-21-19-37-68-51)41-45(47)46-42-50(44(4)40-48(46)65)67(6)64-34-32-62(75-64)60-30-28-58(73-60)56-26-24-54(71-56)52-22-20-38-69-52/h19-34,37-42H,7-18,35-36H2,1-6H3. The predicted molar refractivity (Wildman–Crippen MR) is 343 cm³/mol. The van der Waals surface area contributed by atoms with E-state index >= 15 is 0 Å². The van der Waals surface area contributed by atoms with Crippen LogP contribution in [-0.2, 0) is 5.41 Å². The van der Waals surface area contributed by atoms with E-state index in [1.807, 2.05) is 90.7 Å². The Labute approximate surface area is 478 Å². The highest BCUT2D eigenvalue weighted by Gasteiger charge is 2.43. The van der Waals surface area contributed by atoms with Crippen LogP contribution in [0.1, 0.15) is 126 Å². The topological polar surface area (TPSA) is 6.48 Å². The number of benzene rings is 2. The molecule has 0 radical (unpaired) electrons. The summed E-state index contributed by atoms with van der Waals surface area (Å²) in [5.74, 6) is 0. The number of nitrogens with zero attached hydrogens (tertiary/aromatic N) is 2. The normalized spacial score (nSPS) is 12.7. The van der Waals surface area contributed by atoms with Crippen molar-refractivity contribution < 1.29 is 0 Å². The van der Waals surface area contributed by atoms with Gasteiger partial charge in [-0.2, -0.15) is 0 Å². The van der Waals surface area contributed by atoms with Gasteiger partial charge in [0.1, 0.15) is 0 Å². The first-order chi connectivity index (χ1) is 36.7. The lowest BCUT2D eigenvalue weighted by Crippen LogP contribution is -2.26. The molecular formula is C65H68N2S8. The fraction of sp³-hybridized carbons (Fsp3) is 0.323. The summed E-state index contributed by atoms with van der Waals surface area (Å²) in [5.41, 5.74) is 11.4. The molecule has 386 valence electrons. The third kappa shape index (κ3) is 11.1. The molecule has 10 heteroatoms. The zero-order chi connectivity index (χ0) is 51.5. The van der Waals surface area contributed by atoms with Gasteiger partial charge in [0.05, 0.1) is 10.0 Å². The van der Waals surface area contributed by atoms with E-state index < -0.39 is 0 Å². The first-order valence-electron chi connectivity index (χ1n) is 27.2. The molecule has 1 aliphatic rings. The van der Waals surface area contributed by atoms with Crippen molar-refractivity contribution in [2.24, 2.45) is 0 Å². The molecule has 0 atom stereocenters. The van der Waals surface area contributed by atoms with Gasteiger partial charge in [-0.05, 0) is 168 Å². The van der Waals surface area contributed by atoms with E-state index in [1.165, 1.54) is 192 Å². The van der Waals surface area contributed by atoms with Gasteiger partial charge in [0.25, 0.3) is 0 Å². The molecule has 0 N–H and O–H groups in total. The average Bonchev–Trinajstić information content (AvgIpc) is 4.27. The fourth-order valence-corrected chi connectivity index (χ4v) is 19.4. The van der Waals surface area contributed by atoms with Crippen LogP contribution in [0.15, 0.2) is 132 Å². The van der Waals surface area contributed by atoms with Crippen molar-refractivity contribution in [3.63, 3.8) is 0 Å². The lowest BCUT2D eigenvalue weighted by Gasteiger charge is -2.34. The molecule has 2 aromatic carbocycles. The maximum Gasteiger partial charge on any atom is 0.0957 e. The summed E-state index contributed by atoms with van der Waals surface area (Å²) in [6.45, 7) is 9.41. The van der Waals surface area contributed by atoms with Crippen molar-refractivity contribution in [3.8, 4) is 69.7 Å². The molecule has 0 saturated carbocycles. The molecule has 0 bridgehead atoms. The van der Waals surface area contributed by atoms with E-state index in [0.717, 1.165) is 0 Å². The summed E-state index contributed by atoms with van der Waals surface area (Å²) < 4.78 is 0. The van der Waals surface area contributed by atoms with Gasteiger partial charge >= 0.3 is 0 Å². The van der Waals surface area contributed by atoms with E-state index in [-0.39, 0.29) is 5.41 Å². The molecule has 0 saturated heterocycles. The number of unbranched alkanes of at least 4 members (excludes halogenated alkanes) is 10. The highest BCUT2D eigenvalue weighted by atomic mass is 32.1. The maximum atomic E-state index is 2.64. The van der Waals surface area contributed by atoms with Gasteiger partial charge in [0.15, 0.2) is 0 Å². The Morgan fingerprint density at radius 3 is 1.03 bits per heavy atom. The van der Waals surface area contributed by atoms with Crippen LogP contribution in [0.4, 0.5) is 21.4 Å². The van der Waals surface area contributed by atoms with Gasteiger partial charge in [-0.15, -0.1) is 90.7 Å². The number of hydrogen-bond acceptors (Lipinski definition) is 10. The first kappa shape index (κ1) is 52.7. The third-order valence-corrected chi connectivity index (χ3v) is 25.0. The second-order valence-electron chi connectivity index (χ2n) is 20.5. The second-order valence-corrected chi connectivity index (χ2v) is 28.8. The average molecular weight is 1130 g/mol. The van der Waals surface area contributed by atoms with Gasteiger partial charge in [-0.1, -0.05) is 115 Å². The van der Waals surface area contributed by atoms with Crippen LogP contribution in [0, 0.1) is 13.8 Å². The second kappa shape index (κ2) is 23.7. The summed E-state index contributed by atoms with van der Waals surface area (Å²) in [4.78, 5) is 21.0. The Morgan fingerprint density at radius 2 is 0.680 bits per heavy atom. The molecule has 0 spiro atoms. The number of rotatable bonds is 24. The van der Waals surface area contributed by atoms with Gasteiger partial charge < -0.3 is 9.80 Å². The molecule has 0 amide bonds. The van der Waals surface area contributed by atoms with Crippen LogP contribution in [0.3, 0.4) is 0 Å². The van der Waals surface area contributed by atoms with E-state index in [4.69, 9.17) is 0 Å². The monoisotopic (exact) mass is 1130 g/mol.